The Morgan fingerprint density at radius 1 is 1.35 bits per heavy atom. The van der Waals surface area contributed by atoms with Gasteiger partial charge in [0.05, 0.1) is 13.1 Å². The average molecular weight is 368 g/mol. The van der Waals surface area contributed by atoms with Crippen molar-refractivity contribution in [3.8, 4) is 11.5 Å². The van der Waals surface area contributed by atoms with E-state index in [0.29, 0.717) is 11.3 Å². The van der Waals surface area contributed by atoms with Gasteiger partial charge < -0.3 is 19.5 Å². The second-order valence-electron chi connectivity index (χ2n) is 5.61. The number of amides is 1. The third-order valence-corrected chi connectivity index (χ3v) is 3.79. The maximum absolute atomic E-state index is 12.6. The van der Waals surface area contributed by atoms with Crippen LogP contribution in [0.1, 0.15) is 17.2 Å². The topological polar surface area (TPSA) is 71.9 Å². The molecule has 0 saturated carbocycles. The standard InChI is InChI=1S/C17H15F3N2O4/c18-17(19,20)26-13-3-1-2-11(8-13)15(23)16(24)22-6-7-25-14-4-5-21-9-12(14)10-22/h1-5,8-9,15,23H,6-7,10H2. The Morgan fingerprint density at radius 2 is 2.15 bits per heavy atom. The van der Waals surface area contributed by atoms with Crippen molar-refractivity contribution in [2.45, 2.75) is 19.0 Å². The van der Waals surface area contributed by atoms with Gasteiger partial charge in [0.2, 0.25) is 0 Å². The summed E-state index contributed by atoms with van der Waals surface area (Å²) in [7, 11) is 0. The van der Waals surface area contributed by atoms with Crippen LogP contribution in [0, 0.1) is 0 Å². The summed E-state index contributed by atoms with van der Waals surface area (Å²) >= 11 is 0. The number of benzene rings is 1. The first kappa shape index (κ1) is 18.0. The lowest BCUT2D eigenvalue weighted by Gasteiger charge is -2.23. The zero-order valence-corrected chi connectivity index (χ0v) is 13.4. The van der Waals surface area contributed by atoms with E-state index >= 15 is 0 Å². The number of carbonyl (C=O) groups is 1. The number of aromatic nitrogens is 1. The van der Waals surface area contributed by atoms with Gasteiger partial charge in [-0.1, -0.05) is 12.1 Å². The van der Waals surface area contributed by atoms with Crippen LogP contribution < -0.4 is 9.47 Å². The highest BCUT2D eigenvalue weighted by molar-refractivity contribution is 5.82. The van der Waals surface area contributed by atoms with E-state index in [2.05, 4.69) is 9.72 Å². The molecule has 0 radical (unpaired) electrons. The number of alkyl halides is 3. The predicted molar refractivity (Wildman–Crippen MR) is 83.2 cm³/mol. The predicted octanol–water partition coefficient (Wildman–Crippen LogP) is 2.43. The first-order chi connectivity index (χ1) is 12.3. The van der Waals surface area contributed by atoms with Crippen LogP contribution >= 0.6 is 0 Å². The Balaban J connectivity index is 1.76. The molecule has 1 amide bonds. The summed E-state index contributed by atoms with van der Waals surface area (Å²) in [5, 5.41) is 10.3. The summed E-state index contributed by atoms with van der Waals surface area (Å²) < 4.78 is 46.3. The van der Waals surface area contributed by atoms with Crippen LogP contribution in [0.4, 0.5) is 13.2 Å². The summed E-state index contributed by atoms with van der Waals surface area (Å²) in [6.45, 7) is 0.633. The molecule has 9 heteroatoms. The monoisotopic (exact) mass is 368 g/mol. The Kier molecular flexibility index (Phi) is 4.99. The molecule has 3 rings (SSSR count). The zero-order chi connectivity index (χ0) is 18.7. The number of pyridine rings is 1. The van der Waals surface area contributed by atoms with E-state index < -0.39 is 24.1 Å². The Labute approximate surface area is 146 Å². The molecule has 2 heterocycles. The van der Waals surface area contributed by atoms with Crippen molar-refractivity contribution < 1.29 is 32.5 Å². The second kappa shape index (κ2) is 7.20. The summed E-state index contributed by atoms with van der Waals surface area (Å²) in [5.74, 6) is -0.546. The van der Waals surface area contributed by atoms with Gasteiger partial charge in [-0.25, -0.2) is 0 Å². The van der Waals surface area contributed by atoms with Crippen molar-refractivity contribution in [2.24, 2.45) is 0 Å². The van der Waals surface area contributed by atoms with Crippen molar-refractivity contribution in [2.75, 3.05) is 13.2 Å². The van der Waals surface area contributed by atoms with Gasteiger partial charge in [0.1, 0.15) is 18.1 Å². The van der Waals surface area contributed by atoms with Gasteiger partial charge >= 0.3 is 6.36 Å². The van der Waals surface area contributed by atoms with E-state index in [0.717, 1.165) is 12.1 Å². The van der Waals surface area contributed by atoms with Crippen LogP contribution in [0.3, 0.4) is 0 Å². The number of nitrogens with zero attached hydrogens (tertiary/aromatic N) is 2. The number of hydrogen-bond donors (Lipinski definition) is 1. The highest BCUT2D eigenvalue weighted by Crippen LogP contribution is 2.28. The van der Waals surface area contributed by atoms with Gasteiger partial charge in [0, 0.05) is 18.0 Å². The van der Waals surface area contributed by atoms with Gasteiger partial charge in [0.15, 0.2) is 6.10 Å². The molecule has 1 atom stereocenters. The molecular formula is C17H15F3N2O4. The van der Waals surface area contributed by atoms with E-state index in [-0.39, 0.29) is 25.3 Å². The van der Waals surface area contributed by atoms with Gasteiger partial charge in [-0.15, -0.1) is 13.2 Å². The number of rotatable bonds is 3. The van der Waals surface area contributed by atoms with Crippen molar-refractivity contribution in [3.05, 3.63) is 53.9 Å². The molecule has 26 heavy (non-hydrogen) atoms. The Bertz CT molecular complexity index is 798. The molecule has 1 N–H and O–H groups in total. The van der Waals surface area contributed by atoms with Crippen molar-refractivity contribution >= 4 is 5.91 Å². The molecule has 1 aromatic heterocycles. The third-order valence-electron chi connectivity index (χ3n) is 3.79. The smallest absolute Gasteiger partial charge is 0.491 e. The van der Waals surface area contributed by atoms with Crippen LogP contribution in [0.5, 0.6) is 11.5 Å². The summed E-state index contributed by atoms with van der Waals surface area (Å²) in [4.78, 5) is 17.9. The molecule has 1 aromatic carbocycles. The normalized spacial score (nSPS) is 15.5. The lowest BCUT2D eigenvalue weighted by atomic mass is 10.1. The van der Waals surface area contributed by atoms with E-state index in [9.17, 15) is 23.1 Å². The lowest BCUT2D eigenvalue weighted by Crippen LogP contribution is -2.36. The summed E-state index contributed by atoms with van der Waals surface area (Å²) in [6, 6.07) is 6.39. The van der Waals surface area contributed by atoms with E-state index in [4.69, 9.17) is 4.74 Å². The fraction of sp³-hybridized carbons (Fsp3) is 0.294. The fourth-order valence-corrected chi connectivity index (χ4v) is 2.61. The first-order valence-electron chi connectivity index (χ1n) is 7.72. The van der Waals surface area contributed by atoms with Gasteiger partial charge in [-0.3, -0.25) is 9.78 Å². The minimum Gasteiger partial charge on any atom is -0.491 e. The second-order valence-corrected chi connectivity index (χ2v) is 5.61. The number of ether oxygens (including phenoxy) is 2. The third kappa shape index (κ3) is 4.23. The van der Waals surface area contributed by atoms with Crippen molar-refractivity contribution in [3.63, 3.8) is 0 Å². The number of hydrogen-bond acceptors (Lipinski definition) is 5. The summed E-state index contributed by atoms with van der Waals surface area (Å²) in [6.07, 6.45) is -3.35. The number of carbonyl (C=O) groups excluding carboxylic acids is 1. The molecule has 2 aromatic rings. The van der Waals surface area contributed by atoms with E-state index in [1.54, 1.807) is 18.5 Å². The molecule has 1 aliphatic rings. The van der Waals surface area contributed by atoms with E-state index in [1.165, 1.54) is 17.0 Å². The number of halogens is 3. The van der Waals surface area contributed by atoms with Gasteiger partial charge in [-0.05, 0) is 23.8 Å². The van der Waals surface area contributed by atoms with Crippen LogP contribution in [-0.2, 0) is 11.3 Å². The lowest BCUT2D eigenvalue weighted by molar-refractivity contribution is -0.274. The molecule has 6 nitrogen and oxygen atoms in total. The number of fused-ring (bicyclic) bond motifs is 1. The molecule has 1 unspecified atom stereocenters. The van der Waals surface area contributed by atoms with Crippen LogP contribution in [0.15, 0.2) is 42.7 Å². The molecule has 0 spiro atoms. The minimum absolute atomic E-state index is 0.00771. The highest BCUT2D eigenvalue weighted by atomic mass is 19.4. The molecule has 1 aliphatic heterocycles. The van der Waals surface area contributed by atoms with Crippen molar-refractivity contribution in [1.82, 2.24) is 9.88 Å². The van der Waals surface area contributed by atoms with Crippen LogP contribution in [-0.4, -0.2) is 40.4 Å². The highest BCUT2D eigenvalue weighted by Gasteiger charge is 2.32. The molecular weight excluding hydrogens is 353 g/mol. The minimum atomic E-state index is -4.85. The fourth-order valence-electron chi connectivity index (χ4n) is 2.61. The first-order valence-corrected chi connectivity index (χ1v) is 7.72. The molecule has 138 valence electrons. The molecule has 0 bridgehead atoms. The van der Waals surface area contributed by atoms with E-state index in [1.807, 2.05) is 0 Å². The molecule has 0 fully saturated rings. The zero-order valence-electron chi connectivity index (χ0n) is 13.4. The maximum Gasteiger partial charge on any atom is 0.573 e. The van der Waals surface area contributed by atoms with Gasteiger partial charge in [-0.2, -0.15) is 0 Å². The van der Waals surface area contributed by atoms with Crippen molar-refractivity contribution in [1.29, 1.82) is 0 Å². The van der Waals surface area contributed by atoms with Crippen LogP contribution in [0.2, 0.25) is 0 Å². The average Bonchev–Trinajstić information content (AvgIpc) is 2.81. The molecule has 0 saturated heterocycles. The number of aliphatic hydroxyl groups excluding tert-OH is 1. The Hall–Kier alpha value is -2.81. The largest absolute Gasteiger partial charge is 0.573 e. The SMILES string of the molecule is O=C(C(O)c1cccc(OC(F)(F)F)c1)N1CCOc2ccncc2C1. The maximum atomic E-state index is 12.6. The Morgan fingerprint density at radius 3 is 2.92 bits per heavy atom. The summed E-state index contributed by atoms with van der Waals surface area (Å²) in [5.41, 5.74) is 0.688. The quantitative estimate of drug-likeness (QED) is 0.901. The van der Waals surface area contributed by atoms with Crippen LogP contribution in [0.25, 0.3) is 0 Å². The number of aliphatic hydroxyl groups is 1. The van der Waals surface area contributed by atoms with Gasteiger partial charge in [0.25, 0.3) is 5.91 Å². The molecule has 0 aliphatic carbocycles.